The van der Waals surface area contributed by atoms with E-state index in [0.717, 1.165) is 17.0 Å². The maximum atomic E-state index is 12.2. The van der Waals surface area contributed by atoms with Gasteiger partial charge < -0.3 is 15.4 Å². The van der Waals surface area contributed by atoms with E-state index >= 15 is 0 Å². The molecule has 0 aliphatic heterocycles. The number of carbonyl (C=O) groups excluding carboxylic acids is 1. The summed E-state index contributed by atoms with van der Waals surface area (Å²) in [7, 11) is 0. The minimum Gasteiger partial charge on any atom is -0.444 e. The van der Waals surface area contributed by atoms with Crippen molar-refractivity contribution in [2.24, 2.45) is 10.7 Å². The summed E-state index contributed by atoms with van der Waals surface area (Å²) in [6, 6.07) is 7.72. The minimum atomic E-state index is -0.498. The van der Waals surface area contributed by atoms with E-state index in [2.05, 4.69) is 4.99 Å². The van der Waals surface area contributed by atoms with Crippen LogP contribution in [0.1, 0.15) is 40.2 Å². The van der Waals surface area contributed by atoms with Crippen LogP contribution in [0.15, 0.2) is 29.3 Å². The Labute approximate surface area is 143 Å². The van der Waals surface area contributed by atoms with Gasteiger partial charge in [0, 0.05) is 13.1 Å². The molecule has 2 N–H and O–H groups in total. The second kappa shape index (κ2) is 8.82. The van der Waals surface area contributed by atoms with Crippen molar-refractivity contribution < 1.29 is 9.53 Å². The maximum absolute atomic E-state index is 12.2. The van der Waals surface area contributed by atoms with E-state index in [-0.39, 0.29) is 6.09 Å². The monoisotopic (exact) mass is 337 g/mol. The Morgan fingerprint density at radius 3 is 2.61 bits per heavy atom. The van der Waals surface area contributed by atoms with Crippen LogP contribution in [-0.4, -0.2) is 34.1 Å². The molecule has 0 aliphatic rings. The molecule has 0 aromatic heterocycles. The molecule has 128 valence electrons. The van der Waals surface area contributed by atoms with Gasteiger partial charge in [-0.3, -0.25) is 0 Å². The van der Waals surface area contributed by atoms with Crippen molar-refractivity contribution in [3.05, 3.63) is 29.8 Å². The lowest BCUT2D eigenvalue weighted by Gasteiger charge is -2.26. The lowest BCUT2D eigenvalue weighted by Crippen LogP contribution is -2.36. The number of hydrogen-bond donors (Lipinski definition) is 1. The summed E-state index contributed by atoms with van der Waals surface area (Å²) >= 11 is 1.50. The summed E-state index contributed by atoms with van der Waals surface area (Å²) in [4.78, 5) is 18.2. The Morgan fingerprint density at radius 2 is 2.04 bits per heavy atom. The topological polar surface area (TPSA) is 67.9 Å². The molecule has 5 nitrogen and oxygen atoms in total. The Morgan fingerprint density at radius 1 is 1.35 bits per heavy atom. The van der Waals surface area contributed by atoms with Gasteiger partial charge in [-0.1, -0.05) is 30.8 Å². The fourth-order valence-electron chi connectivity index (χ4n) is 1.88. The lowest BCUT2D eigenvalue weighted by molar-refractivity contribution is 0.0244. The Bertz CT molecular complexity index is 553. The molecule has 1 aromatic carbocycles. The number of benzene rings is 1. The average molecular weight is 337 g/mol. The van der Waals surface area contributed by atoms with Crippen LogP contribution >= 0.6 is 11.8 Å². The molecule has 6 heteroatoms. The summed E-state index contributed by atoms with van der Waals surface area (Å²) in [6.07, 6.45) is -0.310. The minimum absolute atomic E-state index is 0.310. The molecule has 1 aromatic rings. The molecular weight excluding hydrogens is 310 g/mol. The van der Waals surface area contributed by atoms with Gasteiger partial charge in [-0.15, -0.1) is 0 Å². The average Bonchev–Trinajstić information content (AvgIpc) is 2.43. The first-order valence-electron chi connectivity index (χ1n) is 7.79. The van der Waals surface area contributed by atoms with Crippen molar-refractivity contribution in [3.63, 3.8) is 0 Å². The van der Waals surface area contributed by atoms with Gasteiger partial charge in [0.25, 0.3) is 0 Å². The zero-order valence-corrected chi connectivity index (χ0v) is 15.4. The van der Waals surface area contributed by atoms with E-state index in [0.29, 0.717) is 18.3 Å². The van der Waals surface area contributed by atoms with E-state index in [1.54, 1.807) is 4.90 Å². The largest absolute Gasteiger partial charge is 0.444 e. The number of aliphatic imine (C=N–C) groups is 1. The Balaban J connectivity index is 2.82. The van der Waals surface area contributed by atoms with E-state index in [9.17, 15) is 4.79 Å². The quantitative estimate of drug-likeness (QED) is 0.647. The number of amides is 1. The number of thioether (sulfide) groups is 1. The SMILES string of the molecule is CCSC(N)=Nc1cccc(CN(CC)C(=O)OC(C)(C)C)c1. The molecule has 0 saturated carbocycles. The molecule has 0 bridgehead atoms. The number of amidine groups is 1. The highest BCUT2D eigenvalue weighted by atomic mass is 32.2. The zero-order valence-electron chi connectivity index (χ0n) is 14.6. The third kappa shape index (κ3) is 7.41. The van der Waals surface area contributed by atoms with Gasteiger partial charge in [0.05, 0.1) is 5.69 Å². The van der Waals surface area contributed by atoms with Crippen molar-refractivity contribution in [2.75, 3.05) is 12.3 Å². The van der Waals surface area contributed by atoms with Gasteiger partial charge in [0.2, 0.25) is 0 Å². The van der Waals surface area contributed by atoms with Crippen LogP contribution in [0.4, 0.5) is 10.5 Å². The van der Waals surface area contributed by atoms with E-state index < -0.39 is 5.60 Å². The molecule has 0 radical (unpaired) electrons. The smallest absolute Gasteiger partial charge is 0.410 e. The van der Waals surface area contributed by atoms with Crippen LogP contribution in [-0.2, 0) is 11.3 Å². The number of carbonyl (C=O) groups is 1. The van der Waals surface area contributed by atoms with Gasteiger partial charge in [0.1, 0.15) is 5.60 Å². The van der Waals surface area contributed by atoms with Crippen LogP contribution in [0.2, 0.25) is 0 Å². The number of ether oxygens (including phenoxy) is 1. The van der Waals surface area contributed by atoms with Gasteiger partial charge >= 0.3 is 6.09 Å². The summed E-state index contributed by atoms with van der Waals surface area (Å²) in [5.74, 6) is 0.886. The summed E-state index contributed by atoms with van der Waals surface area (Å²) in [5.41, 5.74) is 7.13. The molecule has 0 aliphatic carbocycles. The van der Waals surface area contributed by atoms with Crippen LogP contribution in [0, 0.1) is 0 Å². The number of rotatable bonds is 5. The highest BCUT2D eigenvalue weighted by Gasteiger charge is 2.21. The van der Waals surface area contributed by atoms with Crippen molar-refractivity contribution >= 4 is 28.7 Å². The molecule has 0 fully saturated rings. The van der Waals surface area contributed by atoms with Gasteiger partial charge in [0.15, 0.2) is 5.17 Å². The first-order valence-corrected chi connectivity index (χ1v) is 8.77. The maximum Gasteiger partial charge on any atom is 0.410 e. The highest BCUT2D eigenvalue weighted by molar-refractivity contribution is 8.13. The fraction of sp³-hybridized carbons (Fsp3) is 0.529. The van der Waals surface area contributed by atoms with E-state index in [1.165, 1.54) is 11.8 Å². The first-order chi connectivity index (χ1) is 10.7. The predicted octanol–water partition coefficient (Wildman–Crippen LogP) is 4.14. The molecular formula is C17H27N3O2S. The summed E-state index contributed by atoms with van der Waals surface area (Å²) in [5, 5.41) is 0.545. The highest BCUT2D eigenvalue weighted by Crippen LogP contribution is 2.18. The van der Waals surface area contributed by atoms with Crippen LogP contribution in [0.3, 0.4) is 0 Å². The molecule has 0 saturated heterocycles. The Hall–Kier alpha value is -1.69. The zero-order chi connectivity index (χ0) is 17.5. The third-order valence-corrected chi connectivity index (χ3v) is 3.52. The molecule has 0 unspecified atom stereocenters. The van der Waals surface area contributed by atoms with Gasteiger partial charge in [-0.25, -0.2) is 9.79 Å². The van der Waals surface area contributed by atoms with Crippen molar-refractivity contribution in [1.29, 1.82) is 0 Å². The van der Waals surface area contributed by atoms with Crippen LogP contribution in [0.5, 0.6) is 0 Å². The van der Waals surface area contributed by atoms with E-state index in [1.807, 2.05) is 58.9 Å². The molecule has 1 amide bonds. The van der Waals surface area contributed by atoms with Gasteiger partial charge in [-0.05, 0) is 51.1 Å². The molecule has 23 heavy (non-hydrogen) atoms. The first kappa shape index (κ1) is 19.4. The number of nitrogens with two attached hydrogens (primary N) is 1. The second-order valence-electron chi connectivity index (χ2n) is 6.05. The van der Waals surface area contributed by atoms with Crippen LogP contribution in [0.25, 0.3) is 0 Å². The van der Waals surface area contributed by atoms with Crippen LogP contribution < -0.4 is 5.73 Å². The predicted molar refractivity (Wildman–Crippen MR) is 98.2 cm³/mol. The molecule has 1 rings (SSSR count). The Kier molecular flexibility index (Phi) is 7.42. The number of nitrogens with zero attached hydrogens (tertiary/aromatic N) is 2. The lowest BCUT2D eigenvalue weighted by atomic mass is 10.2. The van der Waals surface area contributed by atoms with Gasteiger partial charge in [-0.2, -0.15) is 0 Å². The normalized spacial score (nSPS) is 12.1. The van der Waals surface area contributed by atoms with E-state index in [4.69, 9.17) is 10.5 Å². The fourth-order valence-corrected chi connectivity index (χ4v) is 2.35. The summed E-state index contributed by atoms with van der Waals surface area (Å²) in [6.45, 7) is 10.6. The second-order valence-corrected chi connectivity index (χ2v) is 7.33. The number of hydrogen-bond acceptors (Lipinski definition) is 4. The van der Waals surface area contributed by atoms with Crippen molar-refractivity contribution in [2.45, 2.75) is 46.8 Å². The standard InChI is InChI=1S/C17H27N3O2S/c1-6-20(16(21)22-17(3,4)5)12-13-9-8-10-14(11-13)19-15(18)23-7-2/h8-11H,6-7,12H2,1-5H3,(H2,18,19). The third-order valence-electron chi connectivity index (χ3n) is 2.85. The molecule has 0 heterocycles. The van der Waals surface area contributed by atoms with Crippen molar-refractivity contribution in [3.8, 4) is 0 Å². The molecule has 0 atom stereocenters. The molecule has 0 spiro atoms. The van der Waals surface area contributed by atoms with Crippen molar-refractivity contribution in [1.82, 2.24) is 4.90 Å². The summed E-state index contributed by atoms with van der Waals surface area (Å²) < 4.78 is 5.43.